The fraction of sp³-hybridized carbons (Fsp3) is 0.130. The Kier molecular flexibility index (Phi) is 7.13. The molecule has 0 radical (unpaired) electrons. The summed E-state index contributed by atoms with van der Waals surface area (Å²) in [4.78, 5) is 25.7. The molecule has 0 bridgehead atoms. The van der Waals surface area contributed by atoms with Crippen LogP contribution in [0.4, 0.5) is 15.8 Å². The summed E-state index contributed by atoms with van der Waals surface area (Å²) >= 11 is 27.0. The molecule has 2 amide bonds. The first-order chi connectivity index (χ1) is 15.6. The fourth-order valence-electron chi connectivity index (χ4n) is 3.55. The molecule has 0 aromatic heterocycles. The molecule has 0 unspecified atom stereocenters. The minimum atomic E-state index is -1.32. The zero-order valence-electron chi connectivity index (χ0n) is 16.5. The van der Waals surface area contributed by atoms with E-state index in [1.807, 2.05) is 22.6 Å². The predicted octanol–water partition coefficient (Wildman–Crippen LogP) is 7.52. The highest BCUT2D eigenvalue weighted by atomic mass is 127. The molecule has 4 nitrogen and oxygen atoms in total. The van der Waals surface area contributed by atoms with Gasteiger partial charge < -0.3 is 10.6 Å². The van der Waals surface area contributed by atoms with Gasteiger partial charge in [0.05, 0.1) is 11.5 Å². The second-order valence-electron chi connectivity index (χ2n) is 7.48. The van der Waals surface area contributed by atoms with E-state index >= 15 is 0 Å². The van der Waals surface area contributed by atoms with Crippen molar-refractivity contribution < 1.29 is 14.0 Å². The molecule has 0 spiro atoms. The van der Waals surface area contributed by atoms with Crippen LogP contribution in [0.2, 0.25) is 10.0 Å². The lowest BCUT2D eigenvalue weighted by Gasteiger charge is -2.10. The van der Waals surface area contributed by atoms with E-state index in [0.717, 1.165) is 0 Å². The molecule has 0 aliphatic heterocycles. The monoisotopic (exact) mass is 636 g/mol. The lowest BCUT2D eigenvalue weighted by Crippen LogP contribution is -2.18. The molecule has 1 fully saturated rings. The molecule has 3 aromatic carbocycles. The average Bonchev–Trinajstić information content (AvgIpc) is 3.32. The van der Waals surface area contributed by atoms with Crippen LogP contribution in [0.1, 0.15) is 21.8 Å². The molecule has 1 aliphatic rings. The lowest BCUT2D eigenvalue weighted by molar-refractivity contribution is -0.117. The normalized spacial score (nSPS) is 18.5. The second-order valence-corrected chi connectivity index (χ2v) is 11.0. The van der Waals surface area contributed by atoms with Crippen LogP contribution >= 0.6 is 69.0 Å². The molecule has 2 N–H and O–H groups in total. The highest BCUT2D eigenvalue weighted by Crippen LogP contribution is 2.65. The van der Waals surface area contributed by atoms with Crippen molar-refractivity contribution in [2.75, 3.05) is 10.6 Å². The number of anilines is 2. The highest BCUT2D eigenvalue weighted by molar-refractivity contribution is 14.1. The molecule has 1 saturated carbocycles. The van der Waals surface area contributed by atoms with E-state index in [-0.39, 0.29) is 0 Å². The number of nitrogens with one attached hydrogen (secondary N) is 2. The smallest absolute Gasteiger partial charge is 0.256 e. The molecule has 2 atom stereocenters. The number of amides is 2. The molecule has 4 rings (SSSR count). The maximum absolute atomic E-state index is 13.1. The quantitative estimate of drug-likeness (QED) is 0.225. The number of halogens is 6. The van der Waals surface area contributed by atoms with E-state index in [9.17, 15) is 14.0 Å². The standard InChI is InChI=1S/C23H14Cl4FIN2O2/c24-12-7-11(8-13(25)9-12)19-20(23(19,26)27)22(33)31-16-5-6-18(29)17(10-16)21(32)30-15-3-1-14(28)2-4-15/h1-10,19-20H,(H,30,32)(H,31,33)/t19-,20+/m0/s1. The van der Waals surface area contributed by atoms with Gasteiger partial charge in [-0.1, -0.05) is 23.2 Å². The van der Waals surface area contributed by atoms with Crippen LogP contribution in [0.3, 0.4) is 0 Å². The number of hydrogen-bond donors (Lipinski definition) is 2. The Morgan fingerprint density at radius 1 is 0.879 bits per heavy atom. The van der Waals surface area contributed by atoms with Gasteiger partial charge in [0.1, 0.15) is 10.2 Å². The summed E-state index contributed by atoms with van der Waals surface area (Å²) in [5, 5.41) is 6.32. The zero-order valence-corrected chi connectivity index (χ0v) is 21.7. The molecule has 10 heteroatoms. The Morgan fingerprint density at radius 2 is 1.48 bits per heavy atom. The SMILES string of the molecule is O=C(Nc1ccc(F)cc1)c1cc(NC(=O)[C@H]2[C@H](c3cc(Cl)cc(Cl)c3)C2(Cl)Cl)ccc1I. The van der Waals surface area contributed by atoms with Crippen LogP contribution in [0.5, 0.6) is 0 Å². The fourth-order valence-corrected chi connectivity index (χ4v) is 5.50. The van der Waals surface area contributed by atoms with E-state index in [4.69, 9.17) is 46.4 Å². The summed E-state index contributed by atoms with van der Waals surface area (Å²) in [5.74, 6) is -2.41. The maximum atomic E-state index is 13.1. The third-order valence-electron chi connectivity index (χ3n) is 5.16. The van der Waals surface area contributed by atoms with Gasteiger partial charge in [-0.05, 0) is 88.8 Å². The topological polar surface area (TPSA) is 58.2 Å². The van der Waals surface area contributed by atoms with Gasteiger partial charge in [-0.2, -0.15) is 0 Å². The summed E-state index contributed by atoms with van der Waals surface area (Å²) in [6, 6.07) is 15.3. The van der Waals surface area contributed by atoms with Gasteiger partial charge in [0.15, 0.2) is 0 Å². The van der Waals surface area contributed by atoms with Gasteiger partial charge in [-0.25, -0.2) is 4.39 Å². The van der Waals surface area contributed by atoms with Crippen molar-refractivity contribution in [1.82, 2.24) is 0 Å². The van der Waals surface area contributed by atoms with E-state index in [2.05, 4.69) is 10.6 Å². The largest absolute Gasteiger partial charge is 0.326 e. The Hall–Kier alpha value is -1.58. The molecular weight excluding hydrogens is 624 g/mol. The van der Waals surface area contributed by atoms with Crippen molar-refractivity contribution in [2.45, 2.75) is 10.3 Å². The third kappa shape index (κ3) is 5.41. The van der Waals surface area contributed by atoms with Crippen LogP contribution in [0.25, 0.3) is 0 Å². The Morgan fingerprint density at radius 3 is 2.12 bits per heavy atom. The third-order valence-corrected chi connectivity index (χ3v) is 7.48. The molecule has 33 heavy (non-hydrogen) atoms. The first-order valence-electron chi connectivity index (χ1n) is 9.57. The summed E-state index contributed by atoms with van der Waals surface area (Å²) in [6.45, 7) is 0. The maximum Gasteiger partial charge on any atom is 0.256 e. The van der Waals surface area contributed by atoms with Crippen LogP contribution in [-0.2, 0) is 4.79 Å². The van der Waals surface area contributed by atoms with Crippen LogP contribution < -0.4 is 10.6 Å². The van der Waals surface area contributed by atoms with Crippen molar-refractivity contribution >= 4 is 92.2 Å². The van der Waals surface area contributed by atoms with Crippen LogP contribution in [0.15, 0.2) is 60.7 Å². The van der Waals surface area contributed by atoms with E-state index < -0.39 is 33.8 Å². The van der Waals surface area contributed by atoms with Gasteiger partial charge in [0.25, 0.3) is 5.91 Å². The molecule has 0 heterocycles. The molecular formula is C23H14Cl4FIN2O2. The van der Waals surface area contributed by atoms with Gasteiger partial charge >= 0.3 is 0 Å². The van der Waals surface area contributed by atoms with E-state index in [1.54, 1.807) is 36.4 Å². The molecule has 3 aromatic rings. The first kappa shape index (κ1) is 24.5. The van der Waals surface area contributed by atoms with Crippen LogP contribution in [-0.4, -0.2) is 16.1 Å². The summed E-state index contributed by atoms with van der Waals surface area (Å²) < 4.78 is 12.5. The van der Waals surface area contributed by atoms with E-state index in [1.165, 1.54) is 24.3 Å². The molecule has 170 valence electrons. The summed E-state index contributed by atoms with van der Waals surface area (Å²) in [7, 11) is 0. The summed E-state index contributed by atoms with van der Waals surface area (Å²) in [6.07, 6.45) is 0. The zero-order chi connectivity index (χ0) is 23.9. The lowest BCUT2D eigenvalue weighted by atomic mass is 10.1. The van der Waals surface area contributed by atoms with E-state index in [0.29, 0.717) is 36.1 Å². The number of rotatable bonds is 5. The minimum Gasteiger partial charge on any atom is -0.326 e. The first-order valence-corrected chi connectivity index (χ1v) is 12.2. The van der Waals surface area contributed by atoms with Crippen molar-refractivity contribution in [1.29, 1.82) is 0 Å². The number of hydrogen-bond acceptors (Lipinski definition) is 2. The number of alkyl halides is 2. The van der Waals surface area contributed by atoms with Crippen molar-refractivity contribution in [2.24, 2.45) is 5.92 Å². The highest BCUT2D eigenvalue weighted by Gasteiger charge is 2.67. The van der Waals surface area contributed by atoms with Gasteiger partial charge in [0, 0.05) is 30.9 Å². The predicted molar refractivity (Wildman–Crippen MR) is 139 cm³/mol. The second kappa shape index (κ2) is 9.58. The number of carbonyl (C=O) groups excluding carboxylic acids is 2. The van der Waals surface area contributed by atoms with Gasteiger partial charge in [-0.3, -0.25) is 9.59 Å². The average molecular weight is 638 g/mol. The van der Waals surface area contributed by atoms with Crippen molar-refractivity contribution in [3.8, 4) is 0 Å². The van der Waals surface area contributed by atoms with Gasteiger partial charge in [0.2, 0.25) is 5.91 Å². The number of benzene rings is 3. The minimum absolute atomic E-state index is 0.342. The summed E-state index contributed by atoms with van der Waals surface area (Å²) in [5.41, 5.74) is 1.86. The van der Waals surface area contributed by atoms with Crippen LogP contribution in [0, 0.1) is 15.3 Å². The Bertz CT molecular complexity index is 1230. The Balaban J connectivity index is 1.50. The number of carbonyl (C=O) groups is 2. The molecule has 0 saturated heterocycles. The Labute approximate surface area is 222 Å². The van der Waals surface area contributed by atoms with Crippen molar-refractivity contribution in [3.63, 3.8) is 0 Å². The van der Waals surface area contributed by atoms with Gasteiger partial charge in [-0.15, -0.1) is 23.2 Å². The molecule has 1 aliphatic carbocycles. The van der Waals surface area contributed by atoms with Crippen molar-refractivity contribution in [3.05, 3.63) is 91.2 Å².